The Morgan fingerprint density at radius 2 is 1.77 bits per heavy atom. The lowest BCUT2D eigenvalue weighted by Gasteiger charge is -2.13. The highest BCUT2D eigenvalue weighted by atomic mass is 79.9. The van der Waals surface area contributed by atoms with E-state index in [-0.39, 0.29) is 5.88 Å². The number of halogens is 1. The van der Waals surface area contributed by atoms with E-state index < -0.39 is 0 Å². The van der Waals surface area contributed by atoms with Gasteiger partial charge in [0.25, 0.3) is 0 Å². The summed E-state index contributed by atoms with van der Waals surface area (Å²) in [6.45, 7) is 2.51. The zero-order valence-electron chi connectivity index (χ0n) is 16.7. The maximum Gasteiger partial charge on any atom is 0.230 e. The zero-order valence-corrected chi connectivity index (χ0v) is 18.3. The maximum absolute atomic E-state index is 6.11. The van der Waals surface area contributed by atoms with Crippen molar-refractivity contribution in [3.8, 4) is 33.9 Å². The smallest absolute Gasteiger partial charge is 0.230 e. The van der Waals surface area contributed by atoms with E-state index in [1.54, 1.807) is 7.11 Å². The van der Waals surface area contributed by atoms with E-state index in [9.17, 15) is 0 Å². The molecule has 0 amide bonds. The van der Waals surface area contributed by atoms with Crippen LogP contribution in [-0.2, 0) is 6.61 Å². The van der Waals surface area contributed by atoms with Crippen molar-refractivity contribution in [2.45, 2.75) is 13.5 Å². The molecule has 5 nitrogen and oxygen atoms in total. The summed E-state index contributed by atoms with van der Waals surface area (Å²) in [5, 5.41) is 4.24. The van der Waals surface area contributed by atoms with E-state index >= 15 is 0 Å². The lowest BCUT2D eigenvalue weighted by molar-refractivity contribution is 0.304. The fraction of sp³-hybridized carbons (Fsp3) is 0.125. The molecule has 6 heteroatoms. The summed E-state index contributed by atoms with van der Waals surface area (Å²) in [5.74, 6) is 1.81. The maximum atomic E-state index is 6.11. The van der Waals surface area contributed by atoms with Gasteiger partial charge < -0.3 is 19.7 Å². The second-order valence-corrected chi connectivity index (χ2v) is 7.73. The van der Waals surface area contributed by atoms with Crippen LogP contribution in [0.4, 0.5) is 5.88 Å². The lowest BCUT2D eigenvalue weighted by atomic mass is 9.98. The highest BCUT2D eigenvalue weighted by Gasteiger charge is 2.20. The molecule has 0 bridgehead atoms. The molecule has 0 atom stereocenters. The van der Waals surface area contributed by atoms with Crippen molar-refractivity contribution in [3.05, 3.63) is 82.3 Å². The first-order valence-electron chi connectivity index (χ1n) is 9.43. The third-order valence-electron chi connectivity index (χ3n) is 4.87. The predicted molar refractivity (Wildman–Crippen MR) is 122 cm³/mol. The quantitative estimate of drug-likeness (QED) is 0.365. The average molecular weight is 465 g/mol. The predicted octanol–water partition coefficient (Wildman–Crippen LogP) is 6.25. The molecule has 152 valence electrons. The summed E-state index contributed by atoms with van der Waals surface area (Å²) in [6.07, 6.45) is 0. The monoisotopic (exact) mass is 464 g/mol. The van der Waals surface area contributed by atoms with Crippen LogP contribution in [0.25, 0.3) is 22.4 Å². The number of rotatable bonds is 6. The molecule has 1 heterocycles. The third-order valence-corrected chi connectivity index (χ3v) is 5.49. The molecule has 2 N–H and O–H groups in total. The molecule has 30 heavy (non-hydrogen) atoms. The van der Waals surface area contributed by atoms with E-state index in [2.05, 4.69) is 21.1 Å². The van der Waals surface area contributed by atoms with E-state index in [4.69, 9.17) is 19.7 Å². The summed E-state index contributed by atoms with van der Waals surface area (Å²) in [6, 6.07) is 21.7. The minimum Gasteiger partial charge on any atom is -0.497 e. The number of methoxy groups -OCH3 is 1. The Morgan fingerprint density at radius 1 is 1.03 bits per heavy atom. The van der Waals surface area contributed by atoms with Gasteiger partial charge in [-0.3, -0.25) is 0 Å². The number of nitrogens with zero attached hydrogens (tertiary/aromatic N) is 1. The molecule has 0 unspecified atom stereocenters. The molecule has 0 fully saturated rings. The number of aromatic nitrogens is 1. The van der Waals surface area contributed by atoms with Gasteiger partial charge in [-0.1, -0.05) is 47.6 Å². The third kappa shape index (κ3) is 4.04. The van der Waals surface area contributed by atoms with Gasteiger partial charge in [-0.05, 0) is 63.8 Å². The fourth-order valence-electron chi connectivity index (χ4n) is 3.28. The van der Waals surface area contributed by atoms with Gasteiger partial charge in [0.1, 0.15) is 23.8 Å². The molecule has 0 saturated heterocycles. The molecule has 4 aromatic rings. The zero-order chi connectivity index (χ0) is 21.1. The number of anilines is 1. The normalized spacial score (nSPS) is 10.8. The van der Waals surface area contributed by atoms with Gasteiger partial charge in [0.05, 0.1) is 17.1 Å². The topological polar surface area (TPSA) is 70.5 Å². The number of hydrogen-bond donors (Lipinski definition) is 1. The molecule has 0 spiro atoms. The van der Waals surface area contributed by atoms with Gasteiger partial charge >= 0.3 is 0 Å². The van der Waals surface area contributed by atoms with Crippen LogP contribution in [0.2, 0.25) is 0 Å². The van der Waals surface area contributed by atoms with Crippen molar-refractivity contribution in [2.24, 2.45) is 0 Å². The largest absolute Gasteiger partial charge is 0.497 e. The van der Waals surface area contributed by atoms with Gasteiger partial charge in [-0.25, -0.2) is 0 Å². The average Bonchev–Trinajstić information content (AvgIpc) is 3.16. The van der Waals surface area contributed by atoms with Crippen LogP contribution in [0.5, 0.6) is 11.5 Å². The lowest BCUT2D eigenvalue weighted by Crippen LogP contribution is -1.97. The Hall–Kier alpha value is -3.25. The van der Waals surface area contributed by atoms with Crippen molar-refractivity contribution in [2.75, 3.05) is 12.8 Å². The van der Waals surface area contributed by atoms with E-state index in [0.717, 1.165) is 43.8 Å². The van der Waals surface area contributed by atoms with Gasteiger partial charge in [0.2, 0.25) is 5.88 Å². The van der Waals surface area contributed by atoms with Crippen LogP contribution >= 0.6 is 15.9 Å². The number of aryl methyl sites for hydroxylation is 1. The summed E-state index contributed by atoms with van der Waals surface area (Å²) in [4.78, 5) is 0. The van der Waals surface area contributed by atoms with E-state index in [1.807, 2.05) is 73.7 Å². The number of nitrogens with two attached hydrogens (primary N) is 1. The number of benzene rings is 3. The minimum atomic E-state index is 0.273. The van der Waals surface area contributed by atoms with Crippen molar-refractivity contribution in [3.63, 3.8) is 0 Å². The van der Waals surface area contributed by atoms with Crippen molar-refractivity contribution < 1.29 is 14.0 Å². The fourth-order valence-corrected chi connectivity index (χ4v) is 3.74. The first kappa shape index (κ1) is 20.0. The molecular weight excluding hydrogens is 444 g/mol. The molecule has 0 aliphatic rings. The molecule has 0 saturated carbocycles. The summed E-state index contributed by atoms with van der Waals surface area (Å²) in [5.41, 5.74) is 11.5. The van der Waals surface area contributed by atoms with Crippen LogP contribution < -0.4 is 15.2 Å². The van der Waals surface area contributed by atoms with Crippen LogP contribution in [0.15, 0.2) is 75.7 Å². The molecule has 0 aliphatic carbocycles. The number of nitrogen functional groups attached to an aromatic ring is 1. The Kier molecular flexibility index (Phi) is 5.77. The second kappa shape index (κ2) is 8.63. The van der Waals surface area contributed by atoms with E-state index in [1.165, 1.54) is 0 Å². The number of ether oxygens (including phenoxy) is 2. The molecule has 4 rings (SSSR count). The van der Waals surface area contributed by atoms with E-state index in [0.29, 0.717) is 12.3 Å². The molecule has 1 aromatic heterocycles. The first-order valence-corrected chi connectivity index (χ1v) is 10.2. The van der Waals surface area contributed by atoms with Crippen molar-refractivity contribution in [1.29, 1.82) is 0 Å². The van der Waals surface area contributed by atoms with Crippen molar-refractivity contribution in [1.82, 2.24) is 5.16 Å². The minimum absolute atomic E-state index is 0.273. The van der Waals surface area contributed by atoms with Crippen LogP contribution in [-0.4, -0.2) is 12.3 Å². The standard InChI is InChI=1S/C24H21BrN2O3/c1-15-12-21(29-14-16-6-4-3-5-7-16)20(25)13-19(15)23-22(24(26)30-27-23)17-8-10-18(28-2)11-9-17/h3-13H,14,26H2,1-2H3. The van der Waals surface area contributed by atoms with Gasteiger partial charge in [0.15, 0.2) is 0 Å². The first-order chi connectivity index (χ1) is 14.6. The molecule has 3 aromatic carbocycles. The summed E-state index contributed by atoms with van der Waals surface area (Å²) in [7, 11) is 1.64. The summed E-state index contributed by atoms with van der Waals surface area (Å²) >= 11 is 3.63. The van der Waals surface area contributed by atoms with Gasteiger partial charge in [-0.15, -0.1) is 0 Å². The second-order valence-electron chi connectivity index (χ2n) is 6.87. The highest BCUT2D eigenvalue weighted by molar-refractivity contribution is 9.10. The SMILES string of the molecule is COc1ccc(-c2c(-c3cc(Br)c(OCc4ccccc4)cc3C)noc2N)cc1. The molecular formula is C24H21BrN2O3. The highest BCUT2D eigenvalue weighted by Crippen LogP contribution is 2.41. The summed E-state index contributed by atoms with van der Waals surface area (Å²) < 4.78 is 17.4. The van der Waals surface area contributed by atoms with Gasteiger partial charge in [0, 0.05) is 5.56 Å². The van der Waals surface area contributed by atoms with Crippen LogP contribution in [0.1, 0.15) is 11.1 Å². The van der Waals surface area contributed by atoms with Crippen LogP contribution in [0, 0.1) is 6.92 Å². The molecule has 0 radical (unpaired) electrons. The molecule has 0 aliphatic heterocycles. The Labute approximate surface area is 183 Å². The Morgan fingerprint density at radius 3 is 2.47 bits per heavy atom. The van der Waals surface area contributed by atoms with Gasteiger partial charge in [-0.2, -0.15) is 0 Å². The number of hydrogen-bond acceptors (Lipinski definition) is 5. The Balaban J connectivity index is 1.67. The Bertz CT molecular complexity index is 1160. The van der Waals surface area contributed by atoms with Crippen molar-refractivity contribution >= 4 is 21.8 Å². The van der Waals surface area contributed by atoms with Crippen LogP contribution in [0.3, 0.4) is 0 Å².